The Labute approximate surface area is 115 Å². The van der Waals surface area contributed by atoms with E-state index < -0.39 is 0 Å². The largest absolute Gasteiger partial charge is 0.370 e. The van der Waals surface area contributed by atoms with Gasteiger partial charge in [0.15, 0.2) is 0 Å². The summed E-state index contributed by atoms with van der Waals surface area (Å²) in [4.78, 5) is 14.2. The van der Waals surface area contributed by atoms with Gasteiger partial charge in [-0.15, -0.1) is 0 Å². The van der Waals surface area contributed by atoms with E-state index in [0.717, 1.165) is 37.4 Å². The van der Waals surface area contributed by atoms with Crippen molar-refractivity contribution in [3.8, 4) is 0 Å². The molecule has 0 bridgehead atoms. The van der Waals surface area contributed by atoms with Gasteiger partial charge in [0.05, 0.1) is 11.4 Å². The van der Waals surface area contributed by atoms with Crippen LogP contribution in [0.2, 0.25) is 0 Å². The Kier molecular flexibility index (Phi) is 5.21. The van der Waals surface area contributed by atoms with Crippen LogP contribution in [-0.4, -0.2) is 32.6 Å². The molecule has 19 heavy (non-hydrogen) atoms. The molecule has 0 aromatic heterocycles. The number of amides is 1. The SMILES string of the molecule is CNCCCC(=O)Nc1ccccc1N1CCCC1. The molecular formula is C15H23N3O. The van der Waals surface area contributed by atoms with Gasteiger partial charge in [-0.1, -0.05) is 12.1 Å². The Morgan fingerprint density at radius 3 is 2.74 bits per heavy atom. The summed E-state index contributed by atoms with van der Waals surface area (Å²) in [5.74, 6) is 0.0990. The molecule has 1 amide bonds. The molecule has 2 rings (SSSR count). The van der Waals surface area contributed by atoms with Gasteiger partial charge in [0.25, 0.3) is 0 Å². The van der Waals surface area contributed by atoms with Crippen molar-refractivity contribution in [1.82, 2.24) is 5.32 Å². The van der Waals surface area contributed by atoms with Crippen LogP contribution >= 0.6 is 0 Å². The van der Waals surface area contributed by atoms with E-state index in [2.05, 4.69) is 21.6 Å². The zero-order valence-electron chi connectivity index (χ0n) is 11.6. The van der Waals surface area contributed by atoms with E-state index in [-0.39, 0.29) is 5.91 Å². The van der Waals surface area contributed by atoms with Crippen molar-refractivity contribution < 1.29 is 4.79 Å². The van der Waals surface area contributed by atoms with Crippen LogP contribution < -0.4 is 15.5 Å². The molecule has 1 aromatic carbocycles. The zero-order valence-corrected chi connectivity index (χ0v) is 11.6. The molecule has 1 fully saturated rings. The van der Waals surface area contributed by atoms with Gasteiger partial charge in [-0.25, -0.2) is 0 Å². The molecule has 104 valence electrons. The van der Waals surface area contributed by atoms with Crippen molar-refractivity contribution >= 4 is 17.3 Å². The van der Waals surface area contributed by atoms with E-state index in [1.807, 2.05) is 25.2 Å². The summed E-state index contributed by atoms with van der Waals surface area (Å²) in [7, 11) is 1.90. The maximum Gasteiger partial charge on any atom is 0.224 e. The first-order chi connectivity index (χ1) is 9.31. The van der Waals surface area contributed by atoms with Crippen molar-refractivity contribution in [3.63, 3.8) is 0 Å². The third-order valence-electron chi connectivity index (χ3n) is 3.46. The number of anilines is 2. The second-order valence-corrected chi connectivity index (χ2v) is 4.97. The lowest BCUT2D eigenvalue weighted by molar-refractivity contribution is -0.116. The number of hydrogen-bond donors (Lipinski definition) is 2. The predicted octanol–water partition coefficient (Wildman–Crippen LogP) is 2.22. The Hall–Kier alpha value is -1.55. The number of para-hydroxylation sites is 2. The van der Waals surface area contributed by atoms with Crippen molar-refractivity contribution in [1.29, 1.82) is 0 Å². The lowest BCUT2D eigenvalue weighted by Gasteiger charge is -2.21. The molecule has 1 heterocycles. The van der Waals surface area contributed by atoms with Crippen LogP contribution in [0.1, 0.15) is 25.7 Å². The molecule has 4 nitrogen and oxygen atoms in total. The average Bonchev–Trinajstić information content (AvgIpc) is 2.93. The van der Waals surface area contributed by atoms with Crippen molar-refractivity contribution in [2.75, 3.05) is 36.9 Å². The standard InChI is InChI=1S/C15H23N3O/c1-16-10-6-9-15(19)17-13-7-2-3-8-14(13)18-11-4-5-12-18/h2-3,7-8,16H,4-6,9-12H2,1H3,(H,17,19). The fourth-order valence-corrected chi connectivity index (χ4v) is 2.45. The normalized spacial score (nSPS) is 14.7. The van der Waals surface area contributed by atoms with Crippen LogP contribution in [0.3, 0.4) is 0 Å². The van der Waals surface area contributed by atoms with Gasteiger partial charge in [-0.3, -0.25) is 4.79 Å². The number of nitrogens with zero attached hydrogens (tertiary/aromatic N) is 1. The van der Waals surface area contributed by atoms with Crippen molar-refractivity contribution in [3.05, 3.63) is 24.3 Å². The van der Waals surface area contributed by atoms with Gasteiger partial charge < -0.3 is 15.5 Å². The Morgan fingerprint density at radius 1 is 1.26 bits per heavy atom. The molecule has 4 heteroatoms. The van der Waals surface area contributed by atoms with E-state index in [1.54, 1.807) is 0 Å². The molecule has 0 radical (unpaired) electrons. The lowest BCUT2D eigenvalue weighted by Crippen LogP contribution is -2.21. The van der Waals surface area contributed by atoms with Gasteiger partial charge in [0.2, 0.25) is 5.91 Å². The van der Waals surface area contributed by atoms with Crippen molar-refractivity contribution in [2.24, 2.45) is 0 Å². The summed E-state index contributed by atoms with van der Waals surface area (Å²) in [5, 5.41) is 6.09. The van der Waals surface area contributed by atoms with Gasteiger partial charge in [-0.2, -0.15) is 0 Å². The monoisotopic (exact) mass is 261 g/mol. The smallest absolute Gasteiger partial charge is 0.224 e. The molecular weight excluding hydrogens is 238 g/mol. The van der Waals surface area contributed by atoms with Gasteiger partial charge in [0.1, 0.15) is 0 Å². The number of benzene rings is 1. The number of carbonyl (C=O) groups is 1. The van der Waals surface area contributed by atoms with Crippen LogP contribution in [0, 0.1) is 0 Å². The first-order valence-corrected chi connectivity index (χ1v) is 7.09. The quantitative estimate of drug-likeness (QED) is 0.772. The van der Waals surface area contributed by atoms with E-state index in [4.69, 9.17) is 0 Å². The molecule has 0 aliphatic carbocycles. The van der Waals surface area contributed by atoms with E-state index in [1.165, 1.54) is 12.8 Å². The molecule has 0 unspecified atom stereocenters. The minimum absolute atomic E-state index is 0.0990. The van der Waals surface area contributed by atoms with Gasteiger partial charge in [-0.05, 0) is 45.0 Å². The maximum atomic E-state index is 11.9. The predicted molar refractivity (Wildman–Crippen MR) is 79.7 cm³/mol. The van der Waals surface area contributed by atoms with Gasteiger partial charge >= 0.3 is 0 Å². The van der Waals surface area contributed by atoms with Crippen LogP contribution in [-0.2, 0) is 4.79 Å². The summed E-state index contributed by atoms with van der Waals surface area (Å²) in [6, 6.07) is 8.09. The Morgan fingerprint density at radius 2 is 2.00 bits per heavy atom. The van der Waals surface area contributed by atoms with E-state index >= 15 is 0 Å². The summed E-state index contributed by atoms with van der Waals surface area (Å²) in [6.07, 6.45) is 3.91. The molecule has 1 aliphatic rings. The molecule has 1 aliphatic heterocycles. The number of nitrogens with one attached hydrogen (secondary N) is 2. The minimum Gasteiger partial charge on any atom is -0.370 e. The summed E-state index contributed by atoms with van der Waals surface area (Å²) in [6.45, 7) is 3.06. The third kappa shape index (κ3) is 3.96. The molecule has 0 saturated carbocycles. The van der Waals surface area contributed by atoms with Crippen LogP contribution in [0.15, 0.2) is 24.3 Å². The fraction of sp³-hybridized carbons (Fsp3) is 0.533. The third-order valence-corrected chi connectivity index (χ3v) is 3.46. The number of carbonyl (C=O) groups excluding carboxylic acids is 1. The molecule has 0 spiro atoms. The van der Waals surface area contributed by atoms with E-state index in [0.29, 0.717) is 6.42 Å². The van der Waals surface area contributed by atoms with Crippen LogP contribution in [0.5, 0.6) is 0 Å². The highest BCUT2D eigenvalue weighted by Crippen LogP contribution is 2.28. The number of hydrogen-bond acceptors (Lipinski definition) is 3. The van der Waals surface area contributed by atoms with Crippen LogP contribution in [0.25, 0.3) is 0 Å². The Bertz CT molecular complexity index is 414. The summed E-state index contributed by atoms with van der Waals surface area (Å²) in [5.41, 5.74) is 2.10. The fourth-order valence-electron chi connectivity index (χ4n) is 2.45. The first-order valence-electron chi connectivity index (χ1n) is 7.09. The molecule has 1 saturated heterocycles. The van der Waals surface area contributed by atoms with Crippen LogP contribution in [0.4, 0.5) is 11.4 Å². The molecule has 2 N–H and O–H groups in total. The molecule has 0 atom stereocenters. The highest BCUT2D eigenvalue weighted by molar-refractivity contribution is 5.94. The highest BCUT2D eigenvalue weighted by atomic mass is 16.1. The first kappa shape index (κ1) is 13.9. The second-order valence-electron chi connectivity index (χ2n) is 4.97. The average molecular weight is 261 g/mol. The topological polar surface area (TPSA) is 44.4 Å². The van der Waals surface area contributed by atoms with E-state index in [9.17, 15) is 4.79 Å². The van der Waals surface area contributed by atoms with Crippen molar-refractivity contribution in [2.45, 2.75) is 25.7 Å². The lowest BCUT2D eigenvalue weighted by atomic mass is 10.2. The Balaban J connectivity index is 1.97. The second kappa shape index (κ2) is 7.14. The zero-order chi connectivity index (χ0) is 13.5. The minimum atomic E-state index is 0.0990. The maximum absolute atomic E-state index is 11.9. The summed E-state index contributed by atoms with van der Waals surface area (Å²) >= 11 is 0. The highest BCUT2D eigenvalue weighted by Gasteiger charge is 2.16. The summed E-state index contributed by atoms with van der Waals surface area (Å²) < 4.78 is 0. The molecule has 1 aromatic rings. The number of rotatable bonds is 6. The van der Waals surface area contributed by atoms with Gasteiger partial charge in [0, 0.05) is 19.5 Å².